The summed E-state index contributed by atoms with van der Waals surface area (Å²) in [6.07, 6.45) is -0.942. The van der Waals surface area contributed by atoms with Crippen molar-refractivity contribution in [3.8, 4) is 23.0 Å². The molecule has 2 fully saturated rings. The fourth-order valence-corrected chi connectivity index (χ4v) is 14.0. The first kappa shape index (κ1) is 73.0. The van der Waals surface area contributed by atoms with Crippen LogP contribution in [-0.4, -0.2) is 197 Å². The number of carboxylic acids is 1. The molecule has 2 saturated heterocycles. The van der Waals surface area contributed by atoms with Crippen LogP contribution < -0.4 is 69.0 Å². The number of ether oxygens (including phenoxy) is 3. The molecule has 10 amide bonds. The van der Waals surface area contributed by atoms with Crippen LogP contribution in [0.15, 0.2) is 84.9 Å². The number of amides is 10. The second kappa shape index (κ2) is 34.7. The van der Waals surface area contributed by atoms with Gasteiger partial charge in [-0.3, -0.25) is 58.1 Å². The van der Waals surface area contributed by atoms with Crippen molar-refractivity contribution in [3.63, 3.8) is 0 Å². The molecule has 4 aromatic carbocycles. The summed E-state index contributed by atoms with van der Waals surface area (Å²) < 4.78 is 17.6. The van der Waals surface area contributed by atoms with Crippen LogP contribution in [0.3, 0.4) is 0 Å². The largest absolute Gasteiger partial charge is 0.508 e. The van der Waals surface area contributed by atoms with E-state index in [1.54, 1.807) is 37.3 Å². The van der Waals surface area contributed by atoms with E-state index in [-0.39, 0.29) is 128 Å². The Bertz CT molecular complexity index is 3590. The number of phenolic OH excluding ortho intramolecular Hbond substituents is 2. The normalized spacial score (nSPS) is 21.7. The summed E-state index contributed by atoms with van der Waals surface area (Å²) in [5, 5.41) is 66.9. The number of aliphatic carboxylic acids is 1. The molecule has 518 valence electrons. The van der Waals surface area contributed by atoms with Crippen LogP contribution in [-0.2, 0) is 69.4 Å². The van der Waals surface area contributed by atoms with Gasteiger partial charge in [0.05, 0.1) is 30.9 Å². The summed E-state index contributed by atoms with van der Waals surface area (Å²) in [5.41, 5.74) is 5.58. The number of aromatic hydroxyl groups is 2. The van der Waals surface area contributed by atoms with E-state index >= 15 is 0 Å². The van der Waals surface area contributed by atoms with Crippen molar-refractivity contribution in [3.05, 3.63) is 118 Å². The number of hydrogen-bond donors (Lipinski definition) is 16. The Kier molecular flexibility index (Phi) is 26.2. The number of guanidine groups is 1. The third kappa shape index (κ3) is 19.9. The third-order valence-corrected chi connectivity index (χ3v) is 19.1. The van der Waals surface area contributed by atoms with Gasteiger partial charge in [-0.25, -0.2) is 4.79 Å². The molecule has 1 spiro atoms. The van der Waals surface area contributed by atoms with Crippen LogP contribution in [0.25, 0.3) is 0 Å². The van der Waals surface area contributed by atoms with Crippen LogP contribution in [0.4, 0.5) is 0 Å². The molecule has 8 rings (SSSR count). The zero-order valence-corrected chi connectivity index (χ0v) is 54.9. The quantitative estimate of drug-likeness (QED) is 0.0182. The van der Waals surface area contributed by atoms with Crippen molar-refractivity contribution >= 4 is 110 Å². The van der Waals surface area contributed by atoms with Crippen molar-refractivity contribution in [2.75, 3.05) is 62.4 Å². The number of nitrogens with one attached hydrogen (secondary N) is 12. The number of carbonyl (C=O) groups is 12. The average Bonchev–Trinajstić information content (AvgIpc) is 1.63. The predicted octanol–water partition coefficient (Wildman–Crippen LogP) is -0.649. The zero-order chi connectivity index (χ0) is 69.8. The van der Waals surface area contributed by atoms with Crippen LogP contribution in [0.1, 0.15) is 88.4 Å². The molecule has 7 atom stereocenters. The molecule has 0 unspecified atom stereocenters. The Morgan fingerprint density at radius 3 is 1.90 bits per heavy atom. The summed E-state index contributed by atoms with van der Waals surface area (Å²) in [6, 6.07) is 10.7. The lowest BCUT2D eigenvalue weighted by atomic mass is 9.77. The van der Waals surface area contributed by atoms with E-state index in [2.05, 4.69) is 58.5 Å². The van der Waals surface area contributed by atoms with Gasteiger partial charge in [0.15, 0.2) is 11.6 Å². The fourth-order valence-electron chi connectivity index (χ4n) is 10.8. The molecular formula is C63H75N13O18S3. The van der Waals surface area contributed by atoms with Gasteiger partial charge in [-0.1, -0.05) is 51.9 Å². The lowest BCUT2D eigenvalue weighted by Crippen LogP contribution is -2.60. The highest BCUT2D eigenvalue weighted by Gasteiger charge is 2.54. The smallest absolute Gasteiger partial charge is 0.340 e. The number of rotatable bonds is 19. The third-order valence-electron chi connectivity index (χ3n) is 15.6. The molecule has 34 heteroatoms. The van der Waals surface area contributed by atoms with Crippen molar-refractivity contribution < 1.29 is 87.1 Å². The van der Waals surface area contributed by atoms with Gasteiger partial charge in [0.2, 0.25) is 53.2 Å². The van der Waals surface area contributed by atoms with Gasteiger partial charge in [0, 0.05) is 84.3 Å². The second-order valence-electron chi connectivity index (χ2n) is 22.7. The Morgan fingerprint density at radius 1 is 0.639 bits per heavy atom. The number of esters is 1. The number of nitrogens with two attached hydrogens (primary N) is 1. The minimum atomic E-state index is -1.83. The Balaban J connectivity index is 1.07. The van der Waals surface area contributed by atoms with E-state index in [9.17, 15) is 72.9 Å². The Morgan fingerprint density at radius 2 is 1.25 bits per heavy atom. The van der Waals surface area contributed by atoms with E-state index in [0.717, 1.165) is 33.3 Å². The standard InChI is InChI=1S/C63H75N13O18S3/c1-2-92-22-21-67-55(85)45-29-95-32-51(80)70-42(11-6-7-19-66-53(83)34-13-16-37-40(24-34)63(94-61(37)91)38-17-14-35(77)25-48(38)93-49-26-36(78)15-18-39(49)63)56(86)75-46-30-96-97-31-47(60(90)73-43(57(87)74-45)23-33-9-4-3-5-10-33)76-58(88)44(27-52(81)82)71-50(79)28-69-54(84)41(72-59(46)89)12-8-20-68-62(64)65/h3-5,9-10,13-18,24-26,41-47,77-78H,2,6-8,11-12,19-23,27-32H2,1H3,(H,66,83)(H,67,85)(H,69,84)(H,70,80)(H,71,79)(H,72,89)(H,73,90)(H,74,87)(H,75,86)(H,76,88)(H,81,82)(H4,64,65,68)/t41-,42-,43-,44-,45-,46-,47-/m0/s1. The first-order valence-corrected chi connectivity index (χ1v) is 34.6. The number of thioether (sulfide) groups is 1. The highest BCUT2D eigenvalue weighted by Crippen LogP contribution is 2.57. The number of phenols is 2. The first-order chi connectivity index (χ1) is 46.5. The highest BCUT2D eigenvalue weighted by molar-refractivity contribution is 8.76. The van der Waals surface area contributed by atoms with Crippen LogP contribution in [0, 0.1) is 5.41 Å². The maximum Gasteiger partial charge on any atom is 0.340 e. The molecule has 0 aromatic heterocycles. The van der Waals surface area contributed by atoms with Crippen LogP contribution in [0.2, 0.25) is 0 Å². The van der Waals surface area contributed by atoms with Crippen molar-refractivity contribution in [2.45, 2.75) is 99.8 Å². The number of hydrogen-bond acceptors (Lipinski definition) is 21. The average molecular weight is 1400 g/mol. The number of unbranched alkanes of at least 4 members (excludes halogenated alkanes) is 1. The molecule has 17 N–H and O–H groups in total. The van der Waals surface area contributed by atoms with Crippen LogP contribution >= 0.6 is 33.3 Å². The summed E-state index contributed by atoms with van der Waals surface area (Å²) in [5.74, 6) is -12.7. The number of carbonyl (C=O) groups excluding carboxylic acids is 11. The highest BCUT2D eigenvalue weighted by atomic mass is 33.1. The number of benzene rings is 4. The zero-order valence-electron chi connectivity index (χ0n) is 52.4. The molecule has 4 aliphatic heterocycles. The van der Waals surface area contributed by atoms with E-state index in [0.29, 0.717) is 23.3 Å². The van der Waals surface area contributed by atoms with Gasteiger partial charge in [-0.15, -0.1) is 11.8 Å². The Hall–Kier alpha value is -9.80. The molecule has 0 saturated carbocycles. The molecule has 0 radical (unpaired) electrons. The van der Waals surface area contributed by atoms with Gasteiger partial charge in [0.25, 0.3) is 5.91 Å². The molecule has 2 bridgehead atoms. The minimum absolute atomic E-state index is 0.00423. The molecule has 31 nitrogen and oxygen atoms in total. The summed E-state index contributed by atoms with van der Waals surface area (Å²) in [7, 11) is 1.81. The maximum absolute atomic E-state index is 14.7. The lowest BCUT2D eigenvalue weighted by molar-refractivity contribution is -0.141. The summed E-state index contributed by atoms with van der Waals surface area (Å²) in [4.78, 5) is 168. The van der Waals surface area contributed by atoms with Gasteiger partial charge in [0.1, 0.15) is 65.3 Å². The Labute approximate surface area is 567 Å². The topological polar surface area (TPSA) is 475 Å². The summed E-state index contributed by atoms with van der Waals surface area (Å²) in [6.45, 7) is 1.43. The number of carboxylic acid groups (broad SMARTS) is 1. The van der Waals surface area contributed by atoms with Gasteiger partial charge in [-0.05, 0) is 87.1 Å². The van der Waals surface area contributed by atoms with Crippen LogP contribution in [0.5, 0.6) is 23.0 Å². The van der Waals surface area contributed by atoms with Crippen molar-refractivity contribution in [2.24, 2.45) is 5.73 Å². The van der Waals surface area contributed by atoms with E-state index in [4.69, 9.17) is 25.4 Å². The molecule has 0 aliphatic carbocycles. The number of fused-ring (bicyclic) bond motifs is 11. The fraction of sp³-hybridized carbons (Fsp3) is 0.413. The second-order valence-corrected chi connectivity index (χ2v) is 26.2. The molecule has 4 aromatic rings. The van der Waals surface area contributed by atoms with Crippen molar-refractivity contribution in [1.82, 2.24) is 58.5 Å². The SMILES string of the molecule is CCOCCNC(=O)[C@@H]1CSCC(=O)N[C@@H](CCCCNC(=O)c2ccc3c(c2)C2(OC3=O)c3ccc(O)cc3Oc3cc(O)ccc32)C(=O)N[C@H]2CSSC[C@H](NC(=O)[C@H](CC(=O)O)NC(=O)CNC(=O)[C@H](CCCNC(=N)N)NC2=O)C(=O)N[C@@H](Cc2ccccc2)C(=O)N1. The van der Waals surface area contributed by atoms with E-state index in [1.165, 1.54) is 54.6 Å². The first-order valence-electron chi connectivity index (χ1n) is 30.9. The predicted molar refractivity (Wildman–Crippen MR) is 354 cm³/mol. The maximum atomic E-state index is 14.7. The van der Waals surface area contributed by atoms with Gasteiger partial charge < -0.3 is 93.7 Å². The lowest BCUT2D eigenvalue weighted by Gasteiger charge is -2.36. The van der Waals surface area contributed by atoms with Crippen molar-refractivity contribution in [1.29, 1.82) is 5.41 Å². The van der Waals surface area contributed by atoms with E-state index < -0.39 is 138 Å². The molecular weight excluding hydrogens is 1320 g/mol. The molecule has 4 heterocycles. The van der Waals surface area contributed by atoms with Gasteiger partial charge >= 0.3 is 11.9 Å². The molecule has 4 aliphatic rings. The van der Waals surface area contributed by atoms with E-state index in [1.807, 2.05) is 0 Å². The summed E-state index contributed by atoms with van der Waals surface area (Å²) >= 11 is 0.903. The monoisotopic (exact) mass is 1400 g/mol. The molecule has 97 heavy (non-hydrogen) atoms. The van der Waals surface area contributed by atoms with Gasteiger partial charge in [-0.2, -0.15) is 0 Å². The minimum Gasteiger partial charge on any atom is -0.508 e.